The standard InChI is InChI=1S/C20H23NO3/c1-2-3-13-24-19-14-17(9-10-18(19)22)11-12-21-20(23)15-16-7-5-4-6-8-16/h2-10,14,22H,11-13,15H2,1H3,(H,21,23)/b3-2+. The van der Waals surface area contributed by atoms with Gasteiger partial charge in [0.2, 0.25) is 5.91 Å². The summed E-state index contributed by atoms with van der Waals surface area (Å²) in [6.45, 7) is 2.88. The minimum absolute atomic E-state index is 0.00420. The molecule has 0 atom stereocenters. The number of ether oxygens (including phenoxy) is 1. The molecule has 2 rings (SSSR count). The van der Waals surface area contributed by atoms with Gasteiger partial charge in [0.15, 0.2) is 11.5 Å². The quantitative estimate of drug-likeness (QED) is 0.733. The molecule has 0 heterocycles. The number of carbonyl (C=O) groups excluding carboxylic acids is 1. The Kier molecular flexibility index (Phi) is 6.90. The van der Waals surface area contributed by atoms with Gasteiger partial charge in [0.25, 0.3) is 0 Å². The lowest BCUT2D eigenvalue weighted by Gasteiger charge is -2.09. The minimum atomic E-state index is 0.00420. The smallest absolute Gasteiger partial charge is 0.224 e. The molecule has 126 valence electrons. The van der Waals surface area contributed by atoms with Crippen molar-refractivity contribution in [3.63, 3.8) is 0 Å². The number of phenols is 1. The van der Waals surface area contributed by atoms with Gasteiger partial charge in [0.1, 0.15) is 6.61 Å². The maximum absolute atomic E-state index is 11.9. The van der Waals surface area contributed by atoms with Crippen molar-refractivity contribution in [3.05, 3.63) is 71.8 Å². The van der Waals surface area contributed by atoms with Gasteiger partial charge < -0.3 is 15.2 Å². The maximum atomic E-state index is 11.9. The fraction of sp³-hybridized carbons (Fsp3) is 0.250. The average Bonchev–Trinajstić information content (AvgIpc) is 2.58. The summed E-state index contributed by atoms with van der Waals surface area (Å²) < 4.78 is 5.50. The molecule has 4 nitrogen and oxygen atoms in total. The van der Waals surface area contributed by atoms with Crippen LogP contribution in [-0.2, 0) is 17.6 Å². The first kappa shape index (κ1) is 17.6. The lowest BCUT2D eigenvalue weighted by molar-refractivity contribution is -0.120. The van der Waals surface area contributed by atoms with E-state index < -0.39 is 0 Å². The Morgan fingerprint density at radius 1 is 1.17 bits per heavy atom. The van der Waals surface area contributed by atoms with Gasteiger partial charge in [-0.25, -0.2) is 0 Å². The third-order valence-electron chi connectivity index (χ3n) is 3.54. The van der Waals surface area contributed by atoms with E-state index in [1.54, 1.807) is 6.07 Å². The van der Waals surface area contributed by atoms with Crippen LogP contribution < -0.4 is 10.1 Å². The number of allylic oxidation sites excluding steroid dienone is 1. The van der Waals surface area contributed by atoms with Crippen LogP contribution in [0.3, 0.4) is 0 Å². The summed E-state index contributed by atoms with van der Waals surface area (Å²) in [6.07, 6.45) is 4.83. The van der Waals surface area contributed by atoms with Crippen LogP contribution in [0, 0.1) is 0 Å². The first-order chi connectivity index (χ1) is 11.7. The predicted octanol–water partition coefficient (Wildman–Crippen LogP) is 3.25. The van der Waals surface area contributed by atoms with Gasteiger partial charge >= 0.3 is 0 Å². The second kappa shape index (κ2) is 9.40. The van der Waals surface area contributed by atoms with Crippen molar-refractivity contribution in [2.45, 2.75) is 19.8 Å². The van der Waals surface area contributed by atoms with Gasteiger partial charge in [-0.05, 0) is 36.6 Å². The van der Waals surface area contributed by atoms with Crippen molar-refractivity contribution >= 4 is 5.91 Å². The van der Waals surface area contributed by atoms with E-state index >= 15 is 0 Å². The van der Waals surface area contributed by atoms with Gasteiger partial charge in [0, 0.05) is 6.54 Å². The Bertz CT molecular complexity index is 681. The van der Waals surface area contributed by atoms with Crippen LogP contribution in [0.5, 0.6) is 11.5 Å². The number of hydrogen-bond donors (Lipinski definition) is 2. The van der Waals surface area contributed by atoms with Gasteiger partial charge in [0.05, 0.1) is 6.42 Å². The number of amides is 1. The summed E-state index contributed by atoms with van der Waals surface area (Å²) in [4.78, 5) is 11.9. The molecule has 1 amide bonds. The Labute approximate surface area is 142 Å². The fourth-order valence-corrected chi connectivity index (χ4v) is 2.25. The lowest BCUT2D eigenvalue weighted by atomic mass is 10.1. The van der Waals surface area contributed by atoms with E-state index in [2.05, 4.69) is 5.32 Å². The van der Waals surface area contributed by atoms with Crippen molar-refractivity contribution in [2.75, 3.05) is 13.2 Å². The maximum Gasteiger partial charge on any atom is 0.224 e. The molecular formula is C20H23NO3. The summed E-state index contributed by atoms with van der Waals surface area (Å²) in [5.74, 6) is 0.585. The van der Waals surface area contributed by atoms with Crippen molar-refractivity contribution in [1.82, 2.24) is 5.32 Å². The lowest BCUT2D eigenvalue weighted by Crippen LogP contribution is -2.27. The summed E-state index contributed by atoms with van der Waals surface area (Å²) in [5.41, 5.74) is 2.00. The summed E-state index contributed by atoms with van der Waals surface area (Å²) in [7, 11) is 0. The molecule has 2 N–H and O–H groups in total. The highest BCUT2D eigenvalue weighted by atomic mass is 16.5. The molecule has 24 heavy (non-hydrogen) atoms. The van der Waals surface area contributed by atoms with Crippen LogP contribution in [0.25, 0.3) is 0 Å². The number of rotatable bonds is 8. The molecule has 0 bridgehead atoms. The van der Waals surface area contributed by atoms with E-state index in [1.807, 2.05) is 61.5 Å². The van der Waals surface area contributed by atoms with Crippen molar-refractivity contribution in [3.8, 4) is 11.5 Å². The van der Waals surface area contributed by atoms with Gasteiger partial charge in [-0.15, -0.1) is 0 Å². The number of hydrogen-bond acceptors (Lipinski definition) is 3. The van der Waals surface area contributed by atoms with E-state index in [-0.39, 0.29) is 11.7 Å². The molecule has 2 aromatic rings. The van der Waals surface area contributed by atoms with Gasteiger partial charge in [-0.1, -0.05) is 48.6 Å². The molecule has 2 aromatic carbocycles. The molecule has 0 spiro atoms. The summed E-state index contributed by atoms with van der Waals surface area (Å²) >= 11 is 0. The van der Waals surface area contributed by atoms with Gasteiger partial charge in [-0.3, -0.25) is 4.79 Å². The first-order valence-electron chi connectivity index (χ1n) is 8.05. The highest BCUT2D eigenvalue weighted by Crippen LogP contribution is 2.26. The van der Waals surface area contributed by atoms with Crippen LogP contribution in [0.15, 0.2) is 60.7 Å². The highest BCUT2D eigenvalue weighted by molar-refractivity contribution is 5.78. The number of benzene rings is 2. The Morgan fingerprint density at radius 2 is 1.96 bits per heavy atom. The predicted molar refractivity (Wildman–Crippen MR) is 95.3 cm³/mol. The molecule has 0 aliphatic carbocycles. The third-order valence-corrected chi connectivity index (χ3v) is 3.54. The Morgan fingerprint density at radius 3 is 2.71 bits per heavy atom. The molecule has 0 unspecified atom stereocenters. The molecule has 0 aromatic heterocycles. The van der Waals surface area contributed by atoms with Crippen LogP contribution in [0.2, 0.25) is 0 Å². The van der Waals surface area contributed by atoms with Gasteiger partial charge in [-0.2, -0.15) is 0 Å². The molecule has 0 aliphatic rings. The van der Waals surface area contributed by atoms with E-state index in [9.17, 15) is 9.90 Å². The Balaban J connectivity index is 1.81. The van der Waals surface area contributed by atoms with Crippen LogP contribution in [-0.4, -0.2) is 24.2 Å². The van der Waals surface area contributed by atoms with E-state index in [1.165, 1.54) is 0 Å². The number of nitrogens with one attached hydrogen (secondary N) is 1. The van der Waals surface area contributed by atoms with Crippen molar-refractivity contribution in [2.24, 2.45) is 0 Å². The SMILES string of the molecule is C/C=C/COc1cc(CCNC(=O)Cc2ccccc2)ccc1O. The molecular weight excluding hydrogens is 302 g/mol. The average molecular weight is 325 g/mol. The zero-order valence-electron chi connectivity index (χ0n) is 13.9. The van der Waals surface area contributed by atoms with Crippen molar-refractivity contribution < 1.29 is 14.6 Å². The summed E-state index contributed by atoms with van der Waals surface area (Å²) in [6, 6.07) is 14.9. The molecule has 0 saturated carbocycles. The second-order valence-electron chi connectivity index (χ2n) is 5.44. The minimum Gasteiger partial charge on any atom is -0.504 e. The number of carbonyl (C=O) groups is 1. The molecule has 4 heteroatoms. The monoisotopic (exact) mass is 325 g/mol. The van der Waals surface area contributed by atoms with E-state index in [0.29, 0.717) is 31.7 Å². The summed E-state index contributed by atoms with van der Waals surface area (Å²) in [5, 5.41) is 12.7. The Hall–Kier alpha value is -2.75. The fourth-order valence-electron chi connectivity index (χ4n) is 2.25. The topological polar surface area (TPSA) is 58.6 Å². The largest absolute Gasteiger partial charge is 0.504 e. The van der Waals surface area contributed by atoms with Crippen LogP contribution >= 0.6 is 0 Å². The molecule has 0 radical (unpaired) electrons. The van der Waals surface area contributed by atoms with Crippen LogP contribution in [0.1, 0.15) is 18.1 Å². The highest BCUT2D eigenvalue weighted by Gasteiger charge is 2.05. The zero-order chi connectivity index (χ0) is 17.2. The first-order valence-corrected chi connectivity index (χ1v) is 8.05. The molecule has 0 fully saturated rings. The number of phenolic OH excluding ortho intramolecular Hbond substituents is 1. The van der Waals surface area contributed by atoms with E-state index in [4.69, 9.17) is 4.74 Å². The zero-order valence-corrected chi connectivity index (χ0v) is 13.9. The normalized spacial score (nSPS) is 10.7. The third kappa shape index (κ3) is 5.80. The second-order valence-corrected chi connectivity index (χ2v) is 5.44. The van der Waals surface area contributed by atoms with E-state index in [0.717, 1.165) is 11.1 Å². The molecule has 0 saturated heterocycles. The number of aromatic hydroxyl groups is 1. The van der Waals surface area contributed by atoms with Crippen LogP contribution in [0.4, 0.5) is 0 Å². The van der Waals surface area contributed by atoms with Crippen molar-refractivity contribution in [1.29, 1.82) is 0 Å². The molecule has 0 aliphatic heterocycles.